The van der Waals surface area contributed by atoms with Crippen molar-refractivity contribution >= 4 is 60.8 Å². The van der Waals surface area contributed by atoms with Gasteiger partial charge in [0.25, 0.3) is 5.91 Å². The number of hydrogen-bond donors (Lipinski definition) is 1. The average Bonchev–Trinajstić information content (AvgIpc) is 3.23. The van der Waals surface area contributed by atoms with Gasteiger partial charge in [-0.3, -0.25) is 4.79 Å². The highest BCUT2D eigenvalue weighted by Crippen LogP contribution is 2.47. The molecule has 3 nitrogen and oxygen atoms in total. The van der Waals surface area contributed by atoms with Crippen LogP contribution >= 0.6 is 0 Å². The van der Waals surface area contributed by atoms with Crippen molar-refractivity contribution in [1.82, 2.24) is 10.2 Å². The molecule has 1 amide bonds. The molecule has 0 unspecified atom stereocenters. The van der Waals surface area contributed by atoms with E-state index in [0.717, 1.165) is 35.1 Å². The Morgan fingerprint density at radius 3 is 1.52 bits per heavy atom. The molecule has 302 valence electrons. The van der Waals surface area contributed by atoms with Gasteiger partial charge in [-0.25, -0.2) is 0 Å². The number of nitrogens with one attached hydrogen (secondary N) is 1. The van der Waals surface area contributed by atoms with Crippen molar-refractivity contribution in [2.24, 2.45) is 0 Å². The predicted octanol–water partition coefficient (Wildman–Crippen LogP) is 16.0. The molecule has 0 saturated heterocycles. The van der Waals surface area contributed by atoms with Crippen LogP contribution in [-0.4, -0.2) is 30.9 Å². The maximum absolute atomic E-state index is 14.8. The van der Waals surface area contributed by atoms with E-state index in [2.05, 4.69) is 107 Å². The van der Waals surface area contributed by atoms with Crippen LogP contribution in [-0.2, 0) is 0 Å². The summed E-state index contributed by atoms with van der Waals surface area (Å²) in [5.74, 6) is 0.641. The van der Waals surface area contributed by atoms with Crippen LogP contribution in [0.5, 0.6) is 0 Å². The molecule has 0 aliphatic rings. The fourth-order valence-electron chi connectivity index (χ4n) is 9.61. The van der Waals surface area contributed by atoms with E-state index in [1.54, 1.807) is 0 Å². The highest BCUT2D eigenvalue weighted by atomic mass is 16.2. The van der Waals surface area contributed by atoms with Crippen molar-refractivity contribution in [3.8, 4) is 0 Å². The standard InChI is InChI=1S/C53H74N2O/c1-9-14-18-22-26-40(27-23-19-15-10-2)43-33-35-47-45-36-37-48(53(56)55(8)41(28-24-20-16-11-3)29-25-21-17-12-4)49-39(13-5)30-31-44(51(45)49)46-34-32-42(38(6)54-7)50(43)52(46)47/h13,30-37,40-41,54H,5-6,9-12,14-29H2,1-4,7-8H3. The van der Waals surface area contributed by atoms with Crippen LogP contribution in [0, 0.1) is 0 Å². The topological polar surface area (TPSA) is 32.3 Å². The van der Waals surface area contributed by atoms with Gasteiger partial charge in [-0.05, 0) is 86.5 Å². The van der Waals surface area contributed by atoms with Crippen LogP contribution in [0.3, 0.4) is 0 Å². The molecule has 0 aliphatic carbocycles. The molecule has 0 aromatic heterocycles. The average molecular weight is 755 g/mol. The monoisotopic (exact) mass is 755 g/mol. The first-order valence-electron chi connectivity index (χ1n) is 22.8. The van der Waals surface area contributed by atoms with E-state index in [0.29, 0.717) is 5.92 Å². The highest BCUT2D eigenvalue weighted by Gasteiger charge is 2.27. The third-order valence-electron chi connectivity index (χ3n) is 12.9. The van der Waals surface area contributed by atoms with Crippen molar-refractivity contribution in [3.05, 3.63) is 83.9 Å². The lowest BCUT2D eigenvalue weighted by Crippen LogP contribution is -2.37. The van der Waals surface area contributed by atoms with Gasteiger partial charge < -0.3 is 10.2 Å². The fourth-order valence-corrected chi connectivity index (χ4v) is 9.61. The Hall–Kier alpha value is -3.85. The zero-order valence-electron chi connectivity index (χ0n) is 36.3. The van der Waals surface area contributed by atoms with E-state index in [4.69, 9.17) is 0 Å². The molecule has 5 aromatic rings. The van der Waals surface area contributed by atoms with Gasteiger partial charge in [-0.1, -0.05) is 192 Å². The van der Waals surface area contributed by atoms with Gasteiger partial charge in [-0.15, -0.1) is 0 Å². The number of rotatable bonds is 26. The number of benzene rings is 5. The summed E-state index contributed by atoms with van der Waals surface area (Å²) in [4.78, 5) is 16.9. The molecule has 1 N–H and O–H groups in total. The van der Waals surface area contributed by atoms with E-state index in [1.807, 2.05) is 13.1 Å². The largest absolute Gasteiger partial charge is 0.388 e. The molecule has 0 atom stereocenters. The lowest BCUT2D eigenvalue weighted by molar-refractivity contribution is 0.0712. The Kier molecular flexibility index (Phi) is 16.7. The van der Waals surface area contributed by atoms with E-state index < -0.39 is 0 Å². The molecule has 0 saturated carbocycles. The minimum absolute atomic E-state index is 0.133. The zero-order valence-corrected chi connectivity index (χ0v) is 36.3. The number of hydrogen-bond acceptors (Lipinski definition) is 2. The minimum atomic E-state index is 0.133. The predicted molar refractivity (Wildman–Crippen MR) is 249 cm³/mol. The Bertz CT molecular complexity index is 1990. The lowest BCUT2D eigenvalue weighted by Gasteiger charge is -2.30. The zero-order chi connectivity index (χ0) is 40.0. The van der Waals surface area contributed by atoms with Crippen LogP contribution in [0.25, 0.3) is 54.9 Å². The second kappa shape index (κ2) is 21.6. The normalized spacial score (nSPS) is 11.9. The summed E-state index contributed by atoms with van der Waals surface area (Å²) < 4.78 is 0. The molecule has 0 bridgehead atoms. The van der Waals surface area contributed by atoms with Crippen molar-refractivity contribution in [2.75, 3.05) is 14.1 Å². The van der Waals surface area contributed by atoms with Gasteiger partial charge in [-0.2, -0.15) is 0 Å². The summed E-state index contributed by atoms with van der Waals surface area (Å²) in [6.07, 6.45) is 26.6. The molecule has 5 aromatic carbocycles. The summed E-state index contributed by atoms with van der Waals surface area (Å²) in [6.45, 7) is 17.9. The number of amides is 1. The quantitative estimate of drug-likeness (QED) is 0.0346. The summed E-state index contributed by atoms with van der Waals surface area (Å²) in [5, 5.41) is 13.3. The molecular formula is C53H74N2O. The maximum atomic E-state index is 14.8. The van der Waals surface area contributed by atoms with Gasteiger partial charge >= 0.3 is 0 Å². The van der Waals surface area contributed by atoms with Crippen LogP contribution < -0.4 is 5.32 Å². The first-order chi connectivity index (χ1) is 27.4. The van der Waals surface area contributed by atoms with E-state index >= 15 is 0 Å². The maximum Gasteiger partial charge on any atom is 0.254 e. The van der Waals surface area contributed by atoms with Gasteiger partial charge in [0.2, 0.25) is 0 Å². The number of fused-ring (bicyclic) bond motifs is 2. The highest BCUT2D eigenvalue weighted by molar-refractivity contribution is 6.36. The van der Waals surface area contributed by atoms with Crippen LogP contribution in [0.2, 0.25) is 0 Å². The molecule has 0 radical (unpaired) electrons. The molecule has 0 aliphatic heterocycles. The molecule has 5 rings (SSSR count). The molecule has 0 fully saturated rings. The summed E-state index contributed by atoms with van der Waals surface area (Å²) in [7, 11) is 4.05. The molecule has 3 heteroatoms. The SMILES string of the molecule is C=Cc1ccc2c3ccc(C(=C)NC)c4c(C(CCCCCC)CCCCCC)ccc(c5ccc(C(=O)N(C)C(CCCCCC)CCCCCC)c1c25)c43. The van der Waals surface area contributed by atoms with Crippen molar-refractivity contribution < 1.29 is 4.79 Å². The molecule has 0 heterocycles. The van der Waals surface area contributed by atoms with Gasteiger partial charge in [0.1, 0.15) is 0 Å². The van der Waals surface area contributed by atoms with Gasteiger partial charge in [0, 0.05) is 42.3 Å². The Morgan fingerprint density at radius 1 is 0.589 bits per heavy atom. The Labute approximate surface area is 340 Å². The Morgan fingerprint density at radius 2 is 1.04 bits per heavy atom. The van der Waals surface area contributed by atoms with Crippen molar-refractivity contribution in [1.29, 1.82) is 0 Å². The van der Waals surface area contributed by atoms with Crippen LogP contribution in [0.4, 0.5) is 0 Å². The third-order valence-corrected chi connectivity index (χ3v) is 12.9. The number of carbonyl (C=O) groups excluding carboxylic acids is 1. The molecule has 0 spiro atoms. The molecular weight excluding hydrogens is 681 g/mol. The summed E-state index contributed by atoms with van der Waals surface area (Å²) >= 11 is 0. The minimum Gasteiger partial charge on any atom is -0.388 e. The first-order valence-corrected chi connectivity index (χ1v) is 22.8. The first kappa shape index (κ1) is 43.3. The van der Waals surface area contributed by atoms with Gasteiger partial charge in [0.15, 0.2) is 0 Å². The number of carbonyl (C=O) groups is 1. The lowest BCUT2D eigenvalue weighted by atomic mass is 9.79. The smallest absolute Gasteiger partial charge is 0.254 e. The summed E-state index contributed by atoms with van der Waals surface area (Å²) in [5.41, 5.74) is 5.47. The second-order valence-corrected chi connectivity index (χ2v) is 16.8. The van der Waals surface area contributed by atoms with Crippen molar-refractivity contribution in [3.63, 3.8) is 0 Å². The van der Waals surface area contributed by atoms with Crippen molar-refractivity contribution in [2.45, 2.75) is 168 Å². The number of unbranched alkanes of at least 4 members (excludes halogenated alkanes) is 12. The van der Waals surface area contributed by atoms with Crippen LogP contribution in [0.1, 0.15) is 189 Å². The Balaban J connectivity index is 1.70. The van der Waals surface area contributed by atoms with E-state index in [-0.39, 0.29) is 11.9 Å². The molecule has 56 heavy (non-hydrogen) atoms. The third kappa shape index (κ3) is 9.63. The van der Waals surface area contributed by atoms with Crippen LogP contribution in [0.15, 0.2) is 61.7 Å². The van der Waals surface area contributed by atoms with E-state index in [1.165, 1.54) is 164 Å². The second-order valence-electron chi connectivity index (χ2n) is 16.8. The number of nitrogens with zero attached hydrogens (tertiary/aromatic N) is 1. The summed E-state index contributed by atoms with van der Waals surface area (Å²) in [6, 6.07) is 18.6. The van der Waals surface area contributed by atoms with Gasteiger partial charge in [0.05, 0.1) is 0 Å². The fraction of sp³-hybridized carbons (Fsp3) is 0.528. The van der Waals surface area contributed by atoms with E-state index in [9.17, 15) is 4.79 Å².